The van der Waals surface area contributed by atoms with E-state index in [9.17, 15) is 4.79 Å². The Morgan fingerprint density at radius 1 is 1.32 bits per heavy atom. The van der Waals surface area contributed by atoms with Gasteiger partial charge in [-0.3, -0.25) is 14.7 Å². The maximum atomic E-state index is 12.4. The summed E-state index contributed by atoms with van der Waals surface area (Å²) in [5.41, 5.74) is 2.25. The predicted octanol–water partition coefficient (Wildman–Crippen LogP) is 1.72. The van der Waals surface area contributed by atoms with E-state index in [0.717, 1.165) is 38.2 Å². The summed E-state index contributed by atoms with van der Waals surface area (Å²) in [6.07, 6.45) is 8.77. The van der Waals surface area contributed by atoms with Crippen LogP contribution in [0.1, 0.15) is 29.8 Å². The summed E-state index contributed by atoms with van der Waals surface area (Å²) in [6.45, 7) is 6.03. The molecule has 2 fully saturated rings. The van der Waals surface area contributed by atoms with Crippen LogP contribution < -0.4 is 5.32 Å². The van der Waals surface area contributed by atoms with Crippen LogP contribution in [0.25, 0.3) is 0 Å². The van der Waals surface area contributed by atoms with Gasteiger partial charge in [0.05, 0.1) is 25.7 Å². The van der Waals surface area contributed by atoms with Crippen molar-refractivity contribution >= 4 is 5.91 Å². The molecule has 0 aliphatic carbocycles. The average Bonchev–Trinajstić information content (AvgIpc) is 3.10. The number of hydrogen-bond donors (Lipinski definition) is 1. The Kier molecular flexibility index (Phi) is 5.92. The van der Waals surface area contributed by atoms with E-state index in [1.54, 1.807) is 18.6 Å². The van der Waals surface area contributed by atoms with Gasteiger partial charge in [-0.2, -0.15) is 0 Å². The average molecular weight is 381 g/mol. The molecule has 148 valence electrons. The molecule has 1 N–H and O–H groups in total. The summed E-state index contributed by atoms with van der Waals surface area (Å²) in [5.74, 6) is 1.61. The highest BCUT2D eigenvalue weighted by atomic mass is 16.5. The molecule has 0 spiro atoms. The minimum absolute atomic E-state index is 0.00705. The third kappa shape index (κ3) is 4.72. The van der Waals surface area contributed by atoms with E-state index in [1.165, 1.54) is 5.56 Å². The van der Waals surface area contributed by atoms with Crippen molar-refractivity contribution in [2.24, 2.45) is 11.8 Å². The summed E-state index contributed by atoms with van der Waals surface area (Å²) >= 11 is 0. The number of rotatable bonds is 6. The van der Waals surface area contributed by atoms with Crippen LogP contribution in [0.4, 0.5) is 0 Å². The van der Waals surface area contributed by atoms with Crippen molar-refractivity contribution in [2.75, 3.05) is 19.7 Å². The van der Waals surface area contributed by atoms with Gasteiger partial charge in [-0.1, -0.05) is 6.07 Å². The highest BCUT2D eigenvalue weighted by molar-refractivity contribution is 5.76. The fraction of sp³-hybridized carbons (Fsp3) is 0.524. The number of fused-ring (bicyclic) bond motifs is 1. The van der Waals surface area contributed by atoms with E-state index in [-0.39, 0.29) is 12.0 Å². The van der Waals surface area contributed by atoms with Crippen molar-refractivity contribution in [3.05, 3.63) is 53.9 Å². The van der Waals surface area contributed by atoms with Crippen LogP contribution in [-0.2, 0) is 22.6 Å². The quantitative estimate of drug-likeness (QED) is 0.821. The highest BCUT2D eigenvalue weighted by Gasteiger charge is 2.41. The van der Waals surface area contributed by atoms with E-state index < -0.39 is 0 Å². The first-order chi connectivity index (χ1) is 13.7. The predicted molar refractivity (Wildman–Crippen MR) is 104 cm³/mol. The maximum Gasteiger partial charge on any atom is 0.222 e. The number of carbonyl (C=O) groups excluding carboxylic acids is 1. The molecule has 2 aliphatic heterocycles. The number of aryl methyl sites for hydroxylation is 1. The van der Waals surface area contributed by atoms with E-state index >= 15 is 0 Å². The molecule has 7 nitrogen and oxygen atoms in total. The monoisotopic (exact) mass is 381 g/mol. The molecule has 0 aromatic carbocycles. The number of ether oxygens (including phenoxy) is 1. The van der Waals surface area contributed by atoms with E-state index in [2.05, 4.69) is 31.2 Å². The molecule has 1 amide bonds. The first-order valence-electron chi connectivity index (χ1n) is 9.94. The van der Waals surface area contributed by atoms with Gasteiger partial charge in [0.2, 0.25) is 5.91 Å². The molecule has 0 saturated carbocycles. The second kappa shape index (κ2) is 8.75. The minimum atomic E-state index is 0.00705. The first-order valence-corrected chi connectivity index (χ1v) is 9.94. The smallest absolute Gasteiger partial charge is 0.222 e. The number of hydrogen-bond acceptors (Lipinski definition) is 6. The zero-order valence-corrected chi connectivity index (χ0v) is 16.3. The Morgan fingerprint density at radius 2 is 2.18 bits per heavy atom. The molecule has 7 heteroatoms. The third-order valence-electron chi connectivity index (χ3n) is 5.67. The summed E-state index contributed by atoms with van der Waals surface area (Å²) in [4.78, 5) is 27.5. The molecule has 0 radical (unpaired) electrons. The van der Waals surface area contributed by atoms with Gasteiger partial charge in [-0.05, 0) is 43.0 Å². The van der Waals surface area contributed by atoms with Gasteiger partial charge in [0.25, 0.3) is 0 Å². The van der Waals surface area contributed by atoms with Crippen molar-refractivity contribution in [3.8, 4) is 0 Å². The zero-order chi connectivity index (χ0) is 19.3. The summed E-state index contributed by atoms with van der Waals surface area (Å²) in [6, 6.07) is 4.10. The number of nitrogens with one attached hydrogen (secondary N) is 1. The van der Waals surface area contributed by atoms with Gasteiger partial charge in [0, 0.05) is 43.8 Å². The first kappa shape index (κ1) is 19.0. The Morgan fingerprint density at radius 3 is 2.96 bits per heavy atom. The van der Waals surface area contributed by atoms with Crippen LogP contribution in [0.3, 0.4) is 0 Å². The fourth-order valence-corrected chi connectivity index (χ4v) is 4.21. The summed E-state index contributed by atoms with van der Waals surface area (Å²) < 4.78 is 6.01. The van der Waals surface area contributed by atoms with Gasteiger partial charge in [0.15, 0.2) is 0 Å². The van der Waals surface area contributed by atoms with Crippen molar-refractivity contribution in [1.82, 2.24) is 25.2 Å². The summed E-state index contributed by atoms with van der Waals surface area (Å²) in [5, 5.41) is 2.92. The molecule has 4 heterocycles. The largest absolute Gasteiger partial charge is 0.377 e. The lowest BCUT2D eigenvalue weighted by Gasteiger charge is -2.35. The molecule has 0 bridgehead atoms. The fourth-order valence-electron chi connectivity index (χ4n) is 4.21. The molecular weight excluding hydrogens is 354 g/mol. The second-order valence-corrected chi connectivity index (χ2v) is 7.84. The van der Waals surface area contributed by atoms with Gasteiger partial charge in [-0.25, -0.2) is 9.97 Å². The molecule has 28 heavy (non-hydrogen) atoms. The van der Waals surface area contributed by atoms with Gasteiger partial charge in [-0.15, -0.1) is 0 Å². The molecule has 3 atom stereocenters. The molecular formula is C21H27N5O2. The van der Waals surface area contributed by atoms with E-state index in [1.807, 2.05) is 19.2 Å². The Bertz CT molecular complexity index is 783. The Balaban J connectivity index is 1.24. The normalized spacial score (nSPS) is 24.7. The second-order valence-electron chi connectivity index (χ2n) is 7.84. The third-order valence-corrected chi connectivity index (χ3v) is 5.67. The van der Waals surface area contributed by atoms with Crippen molar-refractivity contribution < 1.29 is 9.53 Å². The van der Waals surface area contributed by atoms with Crippen LogP contribution in [-0.4, -0.2) is 51.6 Å². The molecule has 2 aliphatic rings. The van der Waals surface area contributed by atoms with Gasteiger partial charge in [0.1, 0.15) is 5.82 Å². The zero-order valence-electron chi connectivity index (χ0n) is 16.3. The van der Waals surface area contributed by atoms with E-state index in [4.69, 9.17) is 4.74 Å². The van der Waals surface area contributed by atoms with Crippen LogP contribution in [0.15, 0.2) is 36.9 Å². The molecule has 0 unspecified atom stereocenters. The van der Waals surface area contributed by atoms with Crippen molar-refractivity contribution in [1.29, 1.82) is 0 Å². The SMILES string of the molecule is Cc1cnc(CNC(=O)C[C@@H]2OC[C@H]3CN(Cc4cccnc4)CC[C@H]32)nc1. The number of aromatic nitrogens is 3. The molecule has 2 aromatic rings. The number of likely N-dealkylation sites (tertiary alicyclic amines) is 1. The number of amides is 1. The summed E-state index contributed by atoms with van der Waals surface area (Å²) in [7, 11) is 0. The number of nitrogens with zero attached hydrogens (tertiary/aromatic N) is 4. The van der Waals surface area contributed by atoms with Crippen LogP contribution >= 0.6 is 0 Å². The minimum Gasteiger partial charge on any atom is -0.377 e. The van der Waals surface area contributed by atoms with Crippen molar-refractivity contribution in [2.45, 2.75) is 39.0 Å². The lowest BCUT2D eigenvalue weighted by molar-refractivity contribution is -0.124. The van der Waals surface area contributed by atoms with Crippen LogP contribution in [0.5, 0.6) is 0 Å². The Hall–Kier alpha value is -2.38. The van der Waals surface area contributed by atoms with E-state index in [0.29, 0.717) is 30.6 Å². The number of piperidine rings is 1. The molecule has 4 rings (SSSR count). The number of carbonyl (C=O) groups is 1. The maximum absolute atomic E-state index is 12.4. The number of pyridine rings is 1. The lowest BCUT2D eigenvalue weighted by atomic mass is 9.83. The van der Waals surface area contributed by atoms with Crippen LogP contribution in [0, 0.1) is 18.8 Å². The van der Waals surface area contributed by atoms with Crippen molar-refractivity contribution in [3.63, 3.8) is 0 Å². The van der Waals surface area contributed by atoms with Gasteiger partial charge >= 0.3 is 0 Å². The van der Waals surface area contributed by atoms with Gasteiger partial charge < -0.3 is 10.1 Å². The lowest BCUT2D eigenvalue weighted by Crippen LogP contribution is -2.41. The topological polar surface area (TPSA) is 80.2 Å². The molecule has 2 saturated heterocycles. The van der Waals surface area contributed by atoms with Crippen LogP contribution in [0.2, 0.25) is 0 Å². The highest BCUT2D eigenvalue weighted by Crippen LogP contribution is 2.36. The molecule has 2 aromatic heterocycles. The Labute approximate surface area is 165 Å². The standard InChI is InChI=1S/C21H27N5O2/c1-15-8-23-20(24-9-15)11-25-21(27)7-19-18-4-6-26(13-17(18)14-28-19)12-16-3-2-5-22-10-16/h2-3,5,8-10,17-19H,4,6-7,11-14H2,1H3,(H,25,27)/t17-,18-,19+/m1/s1.